The van der Waals surface area contributed by atoms with Crippen molar-refractivity contribution in [3.63, 3.8) is 0 Å². The number of halogens is 5. The molecule has 0 spiro atoms. The predicted molar refractivity (Wildman–Crippen MR) is 111 cm³/mol. The Morgan fingerprint density at radius 2 is 1.90 bits per heavy atom. The van der Waals surface area contributed by atoms with Gasteiger partial charge in [0.05, 0.1) is 15.8 Å². The lowest BCUT2D eigenvalue weighted by Gasteiger charge is -2.26. The highest BCUT2D eigenvalue weighted by atomic mass is 35.5. The molecule has 1 heterocycles. The Kier molecular flexibility index (Phi) is 7.44. The van der Waals surface area contributed by atoms with Crippen molar-refractivity contribution in [2.45, 2.75) is 38.6 Å². The monoisotopic (exact) mass is 479 g/mol. The number of carboxylic acids is 1. The summed E-state index contributed by atoms with van der Waals surface area (Å²) in [5.41, 5.74) is -0.823. The molecule has 10 heteroatoms. The smallest absolute Gasteiger partial charge is 0.406 e. The van der Waals surface area contributed by atoms with Gasteiger partial charge in [0.1, 0.15) is 11.4 Å². The summed E-state index contributed by atoms with van der Waals surface area (Å²) in [6, 6.07) is 3.76. The summed E-state index contributed by atoms with van der Waals surface area (Å²) < 4.78 is 39.8. The SMILES string of the molecule is CC(C)(C)C#CC1CC(N(CC(F)(F)F)C(=O)c2ccc(Cl)cc2Cl)=C(C(=O)O)S1. The van der Waals surface area contributed by atoms with Gasteiger partial charge in [-0.2, -0.15) is 13.2 Å². The number of carbonyl (C=O) groups is 2. The van der Waals surface area contributed by atoms with Gasteiger partial charge in [-0.3, -0.25) is 4.79 Å². The topological polar surface area (TPSA) is 57.6 Å². The molecule has 1 aliphatic rings. The Balaban J connectivity index is 2.50. The van der Waals surface area contributed by atoms with Gasteiger partial charge in [-0.25, -0.2) is 4.79 Å². The standard InChI is InChI=1S/C20H18Cl2F3NO3S/c1-19(2,3)7-6-12-9-15(16(30-12)18(28)29)26(10-20(23,24)25)17(27)13-5-4-11(21)8-14(13)22/h4-5,8,12H,9-10H2,1-3H3,(H,28,29). The van der Waals surface area contributed by atoms with Gasteiger partial charge in [0.25, 0.3) is 5.91 Å². The fourth-order valence-electron chi connectivity index (χ4n) is 2.58. The maximum Gasteiger partial charge on any atom is 0.406 e. The summed E-state index contributed by atoms with van der Waals surface area (Å²) in [7, 11) is 0. The van der Waals surface area contributed by atoms with Gasteiger partial charge in [0.2, 0.25) is 0 Å². The van der Waals surface area contributed by atoms with Crippen LogP contribution in [-0.2, 0) is 4.79 Å². The molecule has 0 radical (unpaired) electrons. The summed E-state index contributed by atoms with van der Waals surface area (Å²) in [6.07, 6.45) is -4.88. The number of thioether (sulfide) groups is 1. The quantitative estimate of drug-likeness (QED) is 0.550. The van der Waals surface area contributed by atoms with Gasteiger partial charge >= 0.3 is 12.1 Å². The molecule has 0 aromatic heterocycles. The fraction of sp³-hybridized carbons (Fsp3) is 0.400. The third-order valence-corrected chi connectivity index (χ3v) is 5.54. The maximum atomic E-state index is 13.3. The molecule has 1 N–H and O–H groups in total. The average Bonchev–Trinajstić information content (AvgIpc) is 3.00. The first-order valence-corrected chi connectivity index (χ1v) is 10.3. The first-order chi connectivity index (χ1) is 13.7. The Morgan fingerprint density at radius 3 is 2.40 bits per heavy atom. The second-order valence-corrected chi connectivity index (χ2v) is 9.60. The van der Waals surface area contributed by atoms with Crippen molar-refractivity contribution in [1.82, 2.24) is 4.90 Å². The van der Waals surface area contributed by atoms with E-state index >= 15 is 0 Å². The summed E-state index contributed by atoms with van der Waals surface area (Å²) in [6.45, 7) is 3.91. The van der Waals surface area contributed by atoms with Gasteiger partial charge < -0.3 is 10.0 Å². The molecular weight excluding hydrogens is 462 g/mol. The third-order valence-electron chi connectivity index (χ3n) is 3.77. The minimum absolute atomic E-state index is 0.123. The summed E-state index contributed by atoms with van der Waals surface area (Å²) in [4.78, 5) is 24.7. The van der Waals surface area contributed by atoms with E-state index in [2.05, 4.69) is 11.8 Å². The number of amides is 1. The summed E-state index contributed by atoms with van der Waals surface area (Å²) in [5.74, 6) is 3.37. The zero-order chi connectivity index (χ0) is 22.9. The molecule has 1 aromatic carbocycles. The molecule has 1 aliphatic heterocycles. The molecule has 4 nitrogen and oxygen atoms in total. The third kappa shape index (κ3) is 6.59. The molecule has 0 bridgehead atoms. The number of carboxylic acid groups (broad SMARTS) is 1. The summed E-state index contributed by atoms with van der Waals surface area (Å²) >= 11 is 12.6. The fourth-order valence-corrected chi connectivity index (χ4v) is 4.15. The molecule has 0 saturated heterocycles. The molecule has 0 fully saturated rings. The van der Waals surface area contributed by atoms with Crippen LogP contribution in [-0.4, -0.2) is 39.9 Å². The van der Waals surface area contributed by atoms with Crippen molar-refractivity contribution in [3.8, 4) is 11.8 Å². The second-order valence-electron chi connectivity index (χ2n) is 7.54. The molecule has 162 valence electrons. The number of hydrogen-bond donors (Lipinski definition) is 1. The number of carbonyl (C=O) groups excluding carboxylic acids is 1. The molecule has 30 heavy (non-hydrogen) atoms. The molecule has 1 unspecified atom stereocenters. The minimum Gasteiger partial charge on any atom is -0.477 e. The van der Waals surface area contributed by atoms with Crippen LogP contribution in [0.5, 0.6) is 0 Å². The highest BCUT2D eigenvalue weighted by Gasteiger charge is 2.40. The van der Waals surface area contributed by atoms with Crippen LogP contribution < -0.4 is 0 Å². The van der Waals surface area contributed by atoms with Crippen LogP contribution in [0.3, 0.4) is 0 Å². The van der Waals surface area contributed by atoms with Crippen molar-refractivity contribution in [3.05, 3.63) is 44.4 Å². The number of aliphatic carboxylic acids is 1. The Morgan fingerprint density at radius 1 is 1.27 bits per heavy atom. The first kappa shape index (κ1) is 24.4. The van der Waals surface area contributed by atoms with Crippen LogP contribution in [0.4, 0.5) is 13.2 Å². The van der Waals surface area contributed by atoms with E-state index in [0.717, 1.165) is 11.8 Å². The van der Waals surface area contributed by atoms with Crippen LogP contribution in [0.15, 0.2) is 28.8 Å². The molecule has 1 atom stereocenters. The Labute approximate surface area is 186 Å². The number of hydrogen-bond acceptors (Lipinski definition) is 3. The van der Waals surface area contributed by atoms with Crippen LogP contribution >= 0.6 is 35.0 Å². The van der Waals surface area contributed by atoms with E-state index in [-0.39, 0.29) is 38.0 Å². The lowest BCUT2D eigenvalue weighted by atomic mass is 9.97. The van der Waals surface area contributed by atoms with Crippen LogP contribution in [0, 0.1) is 17.3 Å². The van der Waals surface area contributed by atoms with E-state index < -0.39 is 29.8 Å². The normalized spacial score (nSPS) is 16.9. The van der Waals surface area contributed by atoms with Gasteiger partial charge in [-0.05, 0) is 39.0 Å². The molecule has 1 aromatic rings. The lowest BCUT2D eigenvalue weighted by molar-refractivity contribution is -0.138. The molecule has 0 saturated carbocycles. The van der Waals surface area contributed by atoms with Gasteiger partial charge in [-0.15, -0.1) is 0 Å². The zero-order valence-corrected chi connectivity index (χ0v) is 18.6. The Bertz CT molecular complexity index is 959. The molecule has 2 rings (SSSR count). The predicted octanol–water partition coefficient (Wildman–Crippen LogP) is 5.85. The van der Waals surface area contributed by atoms with E-state index in [1.807, 2.05) is 20.8 Å². The van der Waals surface area contributed by atoms with Crippen molar-refractivity contribution < 1.29 is 27.9 Å². The van der Waals surface area contributed by atoms with Crippen LogP contribution in [0.1, 0.15) is 37.6 Å². The number of rotatable bonds is 4. The second kappa shape index (κ2) is 9.13. The van der Waals surface area contributed by atoms with Crippen molar-refractivity contribution >= 4 is 46.8 Å². The maximum absolute atomic E-state index is 13.3. The van der Waals surface area contributed by atoms with Crippen molar-refractivity contribution in [2.24, 2.45) is 5.41 Å². The molecule has 0 aliphatic carbocycles. The van der Waals surface area contributed by atoms with Crippen molar-refractivity contribution in [2.75, 3.05) is 6.54 Å². The highest BCUT2D eigenvalue weighted by molar-refractivity contribution is 8.05. The minimum atomic E-state index is -4.76. The van der Waals surface area contributed by atoms with E-state index in [4.69, 9.17) is 23.2 Å². The Hall–Kier alpha value is -1.82. The number of nitrogens with zero attached hydrogens (tertiary/aromatic N) is 1. The van der Waals surface area contributed by atoms with Gasteiger partial charge in [0, 0.05) is 22.6 Å². The number of alkyl halides is 3. The van der Waals surface area contributed by atoms with E-state index in [0.29, 0.717) is 4.90 Å². The van der Waals surface area contributed by atoms with Gasteiger partial charge in [-0.1, -0.05) is 46.8 Å². The average molecular weight is 480 g/mol. The number of allylic oxidation sites excluding steroid dienone is 1. The van der Waals surface area contributed by atoms with E-state index in [1.54, 1.807) is 0 Å². The lowest BCUT2D eigenvalue weighted by Crippen LogP contribution is -2.39. The van der Waals surface area contributed by atoms with Crippen molar-refractivity contribution in [1.29, 1.82) is 0 Å². The first-order valence-electron chi connectivity index (χ1n) is 8.67. The summed E-state index contributed by atoms with van der Waals surface area (Å²) in [5, 5.41) is 9.02. The van der Waals surface area contributed by atoms with Crippen LogP contribution in [0.2, 0.25) is 10.0 Å². The van der Waals surface area contributed by atoms with E-state index in [1.165, 1.54) is 18.2 Å². The number of benzene rings is 1. The molecule has 1 amide bonds. The highest BCUT2D eigenvalue weighted by Crippen LogP contribution is 2.41. The van der Waals surface area contributed by atoms with Crippen LogP contribution in [0.25, 0.3) is 0 Å². The van der Waals surface area contributed by atoms with E-state index in [9.17, 15) is 27.9 Å². The zero-order valence-electron chi connectivity index (χ0n) is 16.2. The largest absolute Gasteiger partial charge is 0.477 e. The molecular formula is C20H18Cl2F3NO3S. The van der Waals surface area contributed by atoms with Gasteiger partial charge in [0.15, 0.2) is 0 Å².